The van der Waals surface area contributed by atoms with E-state index in [9.17, 15) is 13.2 Å². The highest BCUT2D eigenvalue weighted by Gasteiger charge is 2.30. The van der Waals surface area contributed by atoms with Gasteiger partial charge in [0.05, 0.1) is 16.9 Å². The lowest BCUT2D eigenvalue weighted by Crippen LogP contribution is -2.08. The lowest BCUT2D eigenvalue weighted by atomic mass is 10.0. The minimum Gasteiger partial charge on any atom is -0.370 e. The van der Waals surface area contributed by atoms with Crippen molar-refractivity contribution < 1.29 is 13.2 Å². The van der Waals surface area contributed by atoms with Gasteiger partial charge in [0, 0.05) is 17.7 Å². The van der Waals surface area contributed by atoms with Crippen LogP contribution in [0.4, 0.5) is 19.0 Å². The van der Waals surface area contributed by atoms with Crippen LogP contribution in [0.15, 0.2) is 42.5 Å². The van der Waals surface area contributed by atoms with Gasteiger partial charge in [0.1, 0.15) is 5.82 Å². The second-order valence-electron chi connectivity index (χ2n) is 7.27. The van der Waals surface area contributed by atoms with Gasteiger partial charge in [-0.15, -0.1) is 0 Å². The molecule has 1 aliphatic rings. The molecule has 0 fully saturated rings. The van der Waals surface area contributed by atoms with Crippen LogP contribution in [-0.4, -0.2) is 16.3 Å². The fraction of sp³-hybridized carbons (Fsp3) is 0.318. The third-order valence-electron chi connectivity index (χ3n) is 5.42. The molecule has 2 aromatic carbocycles. The van der Waals surface area contributed by atoms with Crippen molar-refractivity contribution in [2.75, 3.05) is 11.9 Å². The molecule has 0 bridgehead atoms. The molecular formula is C22H22F3N3. The molecule has 0 atom stereocenters. The number of alkyl halides is 3. The van der Waals surface area contributed by atoms with Crippen molar-refractivity contribution in [2.45, 2.75) is 39.3 Å². The molecule has 28 heavy (non-hydrogen) atoms. The van der Waals surface area contributed by atoms with E-state index in [0.29, 0.717) is 5.56 Å². The smallest absolute Gasteiger partial charge is 0.370 e. The summed E-state index contributed by atoms with van der Waals surface area (Å²) < 4.78 is 40.7. The van der Waals surface area contributed by atoms with Gasteiger partial charge in [-0.1, -0.05) is 24.3 Å². The van der Waals surface area contributed by atoms with Crippen LogP contribution in [-0.2, 0) is 12.6 Å². The molecule has 0 radical (unpaired) electrons. The summed E-state index contributed by atoms with van der Waals surface area (Å²) in [6.45, 7) is 4.98. The standard InChI is InChI=1S/C22H22F3N3/c1-14-6-5-8-19(15(14)2)28-21-18(7-3-4-13-26-21)20(27-28)16-9-11-17(12-10-16)22(23,24)25/h5-6,8-12,26H,3-4,7,13H2,1-2H3. The van der Waals surface area contributed by atoms with Crippen molar-refractivity contribution in [2.24, 2.45) is 0 Å². The summed E-state index contributed by atoms with van der Waals surface area (Å²) >= 11 is 0. The fourth-order valence-corrected chi connectivity index (χ4v) is 3.69. The maximum Gasteiger partial charge on any atom is 0.416 e. The number of halogens is 3. The summed E-state index contributed by atoms with van der Waals surface area (Å²) in [5.41, 5.74) is 5.18. The number of fused-ring (bicyclic) bond motifs is 1. The zero-order chi connectivity index (χ0) is 19.9. The van der Waals surface area contributed by atoms with Crippen molar-refractivity contribution in [3.63, 3.8) is 0 Å². The predicted molar refractivity (Wildman–Crippen MR) is 105 cm³/mol. The van der Waals surface area contributed by atoms with Crippen LogP contribution in [0, 0.1) is 13.8 Å². The fourth-order valence-electron chi connectivity index (χ4n) is 3.69. The third kappa shape index (κ3) is 3.28. The Morgan fingerprint density at radius 3 is 2.46 bits per heavy atom. The SMILES string of the molecule is Cc1cccc(-n2nc(-c3ccc(C(F)(F)F)cc3)c3c2NCCCC3)c1C. The molecule has 2 heterocycles. The highest BCUT2D eigenvalue weighted by Crippen LogP contribution is 2.36. The number of hydrogen-bond acceptors (Lipinski definition) is 2. The maximum absolute atomic E-state index is 12.9. The number of rotatable bonds is 2. The Kier molecular flexibility index (Phi) is 4.65. The zero-order valence-electron chi connectivity index (χ0n) is 15.9. The average molecular weight is 385 g/mol. The molecular weight excluding hydrogens is 363 g/mol. The summed E-state index contributed by atoms with van der Waals surface area (Å²) in [5, 5.41) is 8.33. The molecule has 0 unspecified atom stereocenters. The van der Waals surface area contributed by atoms with E-state index in [0.717, 1.165) is 66.3 Å². The van der Waals surface area contributed by atoms with Crippen molar-refractivity contribution in [3.8, 4) is 16.9 Å². The van der Waals surface area contributed by atoms with Crippen LogP contribution in [0.25, 0.3) is 16.9 Å². The summed E-state index contributed by atoms with van der Waals surface area (Å²) in [6, 6.07) is 11.4. The van der Waals surface area contributed by atoms with E-state index >= 15 is 0 Å². The quantitative estimate of drug-likeness (QED) is 0.593. The molecule has 4 rings (SSSR count). The third-order valence-corrected chi connectivity index (χ3v) is 5.42. The van der Waals surface area contributed by atoms with Crippen LogP contribution in [0.5, 0.6) is 0 Å². The molecule has 1 aromatic heterocycles. The van der Waals surface area contributed by atoms with Gasteiger partial charge in [-0.3, -0.25) is 0 Å². The molecule has 1 aliphatic heterocycles. The largest absolute Gasteiger partial charge is 0.416 e. The van der Waals surface area contributed by atoms with Crippen molar-refractivity contribution in [3.05, 3.63) is 64.7 Å². The maximum atomic E-state index is 12.9. The van der Waals surface area contributed by atoms with Crippen LogP contribution >= 0.6 is 0 Å². The second-order valence-corrected chi connectivity index (χ2v) is 7.27. The molecule has 0 spiro atoms. The number of nitrogens with zero attached hydrogens (tertiary/aromatic N) is 2. The Balaban J connectivity index is 1.87. The van der Waals surface area contributed by atoms with Crippen molar-refractivity contribution >= 4 is 5.82 Å². The Labute approximate surface area is 162 Å². The van der Waals surface area contributed by atoms with Crippen LogP contribution < -0.4 is 5.32 Å². The summed E-state index contributed by atoms with van der Waals surface area (Å²) in [5.74, 6) is 0.945. The Bertz CT molecular complexity index is 1000. The second kappa shape index (κ2) is 7.00. The summed E-state index contributed by atoms with van der Waals surface area (Å²) in [7, 11) is 0. The molecule has 0 aliphatic carbocycles. The van der Waals surface area contributed by atoms with E-state index in [4.69, 9.17) is 5.10 Å². The molecule has 1 N–H and O–H groups in total. The van der Waals surface area contributed by atoms with Crippen molar-refractivity contribution in [1.82, 2.24) is 9.78 Å². The lowest BCUT2D eigenvalue weighted by molar-refractivity contribution is -0.137. The minimum absolute atomic E-state index is 0.644. The summed E-state index contributed by atoms with van der Waals surface area (Å²) in [6.07, 6.45) is -1.42. The molecule has 3 aromatic rings. The van der Waals surface area contributed by atoms with Gasteiger partial charge in [-0.2, -0.15) is 18.3 Å². The van der Waals surface area contributed by atoms with E-state index in [1.54, 1.807) is 0 Å². The first-order valence-electron chi connectivity index (χ1n) is 9.46. The molecule has 0 amide bonds. The topological polar surface area (TPSA) is 29.9 Å². The number of aryl methyl sites for hydroxylation is 1. The van der Waals surface area contributed by atoms with Gasteiger partial charge >= 0.3 is 6.18 Å². The first-order valence-corrected chi connectivity index (χ1v) is 9.46. The molecule has 0 saturated carbocycles. The number of benzene rings is 2. The number of anilines is 1. The average Bonchev–Trinajstić information content (AvgIpc) is 2.84. The normalized spacial score (nSPS) is 14.3. The molecule has 3 nitrogen and oxygen atoms in total. The van der Waals surface area contributed by atoms with Crippen LogP contribution in [0.3, 0.4) is 0 Å². The first kappa shape index (κ1) is 18.6. The molecule has 6 heteroatoms. The number of nitrogens with one attached hydrogen (secondary N) is 1. The van der Waals surface area contributed by atoms with Gasteiger partial charge in [-0.05, 0) is 62.4 Å². The Morgan fingerprint density at radius 1 is 1.00 bits per heavy atom. The van der Waals surface area contributed by atoms with Crippen LogP contribution in [0.1, 0.15) is 35.1 Å². The Morgan fingerprint density at radius 2 is 1.75 bits per heavy atom. The van der Waals surface area contributed by atoms with Gasteiger partial charge in [0.25, 0.3) is 0 Å². The number of hydrogen-bond donors (Lipinski definition) is 1. The highest BCUT2D eigenvalue weighted by atomic mass is 19.4. The monoisotopic (exact) mass is 385 g/mol. The predicted octanol–water partition coefficient (Wildman–Crippen LogP) is 5.92. The first-order chi connectivity index (χ1) is 13.4. The van der Waals surface area contributed by atoms with Gasteiger partial charge in [0.15, 0.2) is 0 Å². The Hall–Kier alpha value is -2.76. The van der Waals surface area contributed by atoms with Crippen LogP contribution in [0.2, 0.25) is 0 Å². The highest BCUT2D eigenvalue weighted by molar-refractivity contribution is 5.72. The molecule has 146 valence electrons. The van der Waals surface area contributed by atoms with E-state index in [1.807, 2.05) is 16.8 Å². The van der Waals surface area contributed by atoms with Gasteiger partial charge < -0.3 is 5.32 Å². The molecule has 0 saturated heterocycles. The van der Waals surface area contributed by atoms with E-state index in [1.165, 1.54) is 17.7 Å². The van der Waals surface area contributed by atoms with Crippen molar-refractivity contribution in [1.29, 1.82) is 0 Å². The van der Waals surface area contributed by atoms with E-state index in [-0.39, 0.29) is 0 Å². The lowest BCUT2D eigenvalue weighted by Gasteiger charge is -2.13. The van der Waals surface area contributed by atoms with E-state index < -0.39 is 11.7 Å². The van der Waals surface area contributed by atoms with Gasteiger partial charge in [0.2, 0.25) is 0 Å². The van der Waals surface area contributed by atoms with E-state index in [2.05, 4.69) is 25.2 Å². The minimum atomic E-state index is -4.34. The number of aromatic nitrogens is 2. The van der Waals surface area contributed by atoms with Gasteiger partial charge in [-0.25, -0.2) is 4.68 Å². The summed E-state index contributed by atoms with van der Waals surface area (Å²) in [4.78, 5) is 0. The zero-order valence-corrected chi connectivity index (χ0v) is 15.9.